The van der Waals surface area contributed by atoms with Crippen LogP contribution < -0.4 is 9.80 Å². The maximum atomic E-state index is 12.5. The Bertz CT molecular complexity index is 1380. The van der Waals surface area contributed by atoms with E-state index in [1.807, 2.05) is 19.0 Å². The number of ether oxygens (including phenoxy) is 1. The molecule has 9 nitrogen and oxygen atoms in total. The van der Waals surface area contributed by atoms with Gasteiger partial charge in [0.15, 0.2) is 5.69 Å². The molecule has 39 heavy (non-hydrogen) atoms. The summed E-state index contributed by atoms with van der Waals surface area (Å²) >= 11 is 6.37. The van der Waals surface area contributed by atoms with Gasteiger partial charge in [-0.3, -0.25) is 4.98 Å². The van der Waals surface area contributed by atoms with E-state index < -0.39 is 5.97 Å². The van der Waals surface area contributed by atoms with Crippen LogP contribution in [-0.2, 0) is 11.3 Å². The first-order valence-corrected chi connectivity index (χ1v) is 14.5. The van der Waals surface area contributed by atoms with Gasteiger partial charge in [-0.15, -0.1) is 0 Å². The topological polar surface area (TPSA) is 96.6 Å². The van der Waals surface area contributed by atoms with Gasteiger partial charge in [-0.25, -0.2) is 14.8 Å². The van der Waals surface area contributed by atoms with Crippen LogP contribution in [0.5, 0.6) is 0 Å². The van der Waals surface area contributed by atoms with Crippen LogP contribution >= 0.6 is 11.6 Å². The maximum Gasteiger partial charge on any atom is 0.356 e. The van der Waals surface area contributed by atoms with Crippen molar-refractivity contribution in [3.63, 3.8) is 0 Å². The second-order valence-electron chi connectivity index (χ2n) is 11.7. The molecule has 3 aliphatic rings. The van der Waals surface area contributed by atoms with Crippen molar-refractivity contribution in [2.45, 2.75) is 70.6 Å². The van der Waals surface area contributed by atoms with Gasteiger partial charge in [0.05, 0.1) is 40.7 Å². The molecule has 0 radical (unpaired) electrons. The highest BCUT2D eigenvalue weighted by atomic mass is 35.5. The van der Waals surface area contributed by atoms with Gasteiger partial charge in [0.2, 0.25) is 5.95 Å². The summed E-state index contributed by atoms with van der Waals surface area (Å²) in [4.78, 5) is 31.1. The van der Waals surface area contributed by atoms with Gasteiger partial charge in [0.1, 0.15) is 5.52 Å². The first kappa shape index (κ1) is 26.3. The van der Waals surface area contributed by atoms with E-state index in [0.29, 0.717) is 40.0 Å². The third-order valence-corrected chi connectivity index (χ3v) is 8.99. The minimum Gasteiger partial charge on any atom is -0.476 e. The lowest BCUT2D eigenvalue weighted by molar-refractivity contribution is 0.0247. The van der Waals surface area contributed by atoms with Crippen LogP contribution in [0.2, 0.25) is 5.02 Å². The Kier molecular flexibility index (Phi) is 7.14. The lowest BCUT2D eigenvalue weighted by Crippen LogP contribution is -2.49. The number of imidazole rings is 1. The Labute approximate surface area is 234 Å². The number of nitrogens with zero attached hydrogens (tertiary/aromatic N) is 6. The number of pyridine rings is 2. The van der Waals surface area contributed by atoms with Gasteiger partial charge in [0.25, 0.3) is 0 Å². The SMILES string of the molecule is CN(C)c1c(C(=O)O)nc(-c2cncc(Cl)c2)c2c1nc(N1CCO[C@@H]3CCC[C@H]31)n2C[C@H]1CC[C@H](C)CC1. The number of rotatable bonds is 6. The molecule has 0 unspecified atom stereocenters. The number of morpholine rings is 1. The molecule has 6 rings (SSSR count). The number of anilines is 2. The summed E-state index contributed by atoms with van der Waals surface area (Å²) in [5.41, 5.74) is 3.24. The average molecular weight is 553 g/mol. The van der Waals surface area contributed by atoms with E-state index in [4.69, 9.17) is 26.3 Å². The molecule has 0 amide bonds. The van der Waals surface area contributed by atoms with E-state index in [2.05, 4.69) is 21.4 Å². The molecule has 2 saturated carbocycles. The van der Waals surface area contributed by atoms with Gasteiger partial charge in [-0.2, -0.15) is 0 Å². The molecule has 10 heteroatoms. The minimum atomic E-state index is -1.09. The Hall–Kier alpha value is -2.91. The lowest BCUT2D eigenvalue weighted by atomic mass is 9.83. The van der Waals surface area contributed by atoms with Crippen molar-refractivity contribution in [2.75, 3.05) is 37.0 Å². The first-order chi connectivity index (χ1) is 18.8. The number of hydrogen-bond acceptors (Lipinski definition) is 7. The van der Waals surface area contributed by atoms with Crippen molar-refractivity contribution in [3.8, 4) is 11.3 Å². The first-order valence-electron chi connectivity index (χ1n) is 14.2. The van der Waals surface area contributed by atoms with E-state index in [9.17, 15) is 9.90 Å². The number of carboxylic acid groups (broad SMARTS) is 1. The molecule has 2 aliphatic carbocycles. The zero-order valence-electron chi connectivity index (χ0n) is 22.9. The summed E-state index contributed by atoms with van der Waals surface area (Å²) in [5.74, 6) is 1.08. The Morgan fingerprint density at radius 3 is 2.67 bits per heavy atom. The van der Waals surface area contributed by atoms with Crippen molar-refractivity contribution in [1.29, 1.82) is 0 Å². The van der Waals surface area contributed by atoms with Crippen molar-refractivity contribution in [1.82, 2.24) is 19.5 Å². The maximum absolute atomic E-state index is 12.5. The highest BCUT2D eigenvalue weighted by Gasteiger charge is 2.39. The molecule has 208 valence electrons. The normalized spacial score (nSPS) is 25.2. The lowest BCUT2D eigenvalue weighted by Gasteiger charge is -2.39. The fourth-order valence-corrected chi connectivity index (χ4v) is 7.00. The summed E-state index contributed by atoms with van der Waals surface area (Å²) in [7, 11) is 3.71. The summed E-state index contributed by atoms with van der Waals surface area (Å²) in [5, 5.41) is 10.7. The van der Waals surface area contributed by atoms with Crippen molar-refractivity contribution in [3.05, 3.63) is 29.2 Å². The van der Waals surface area contributed by atoms with Crippen LogP contribution in [0, 0.1) is 11.8 Å². The van der Waals surface area contributed by atoms with Gasteiger partial charge >= 0.3 is 5.97 Å². The Balaban J connectivity index is 1.62. The van der Waals surface area contributed by atoms with Gasteiger partial charge in [-0.05, 0) is 50.0 Å². The van der Waals surface area contributed by atoms with Crippen molar-refractivity contribution < 1.29 is 14.6 Å². The molecule has 1 N–H and O–H groups in total. The Morgan fingerprint density at radius 1 is 1.15 bits per heavy atom. The standard InChI is InChI=1S/C29H37ClN6O3/c1-17-7-9-18(10-8-17)16-36-27-23(19-13-20(30)15-31-14-19)32-25(28(37)38)26(34(2)3)24(27)33-29(36)35-11-12-39-22-6-4-5-21(22)35/h13-15,17-18,21-22H,4-12,16H2,1-3H3,(H,37,38)/t17-,18-,21-,22-/m1/s1. The van der Waals surface area contributed by atoms with E-state index in [1.165, 1.54) is 25.7 Å². The van der Waals surface area contributed by atoms with Gasteiger partial charge in [-0.1, -0.05) is 31.4 Å². The monoisotopic (exact) mass is 552 g/mol. The van der Waals surface area contributed by atoms with Crippen LogP contribution in [0.3, 0.4) is 0 Å². The van der Waals surface area contributed by atoms with Crippen LogP contribution in [0.1, 0.15) is 62.4 Å². The molecule has 3 aromatic heterocycles. The second kappa shape index (κ2) is 10.6. The van der Waals surface area contributed by atoms with Crippen LogP contribution in [0.15, 0.2) is 18.5 Å². The van der Waals surface area contributed by atoms with Gasteiger partial charge < -0.3 is 24.2 Å². The number of fused-ring (bicyclic) bond motifs is 2. The molecule has 3 fully saturated rings. The van der Waals surface area contributed by atoms with E-state index in [1.54, 1.807) is 18.5 Å². The smallest absolute Gasteiger partial charge is 0.356 e. The van der Waals surface area contributed by atoms with Crippen LogP contribution in [0.4, 0.5) is 11.6 Å². The molecule has 1 aliphatic heterocycles. The number of aromatic carboxylic acids is 1. The zero-order chi connectivity index (χ0) is 27.3. The summed E-state index contributed by atoms with van der Waals surface area (Å²) in [6.07, 6.45) is 11.6. The summed E-state index contributed by atoms with van der Waals surface area (Å²) < 4.78 is 8.48. The molecule has 0 aromatic carbocycles. The molecule has 2 atom stereocenters. The van der Waals surface area contributed by atoms with E-state index >= 15 is 0 Å². The third-order valence-electron chi connectivity index (χ3n) is 8.79. The number of carboxylic acids is 1. The average Bonchev–Trinajstić information content (AvgIpc) is 3.54. The third kappa shape index (κ3) is 4.84. The molecule has 0 bridgehead atoms. The minimum absolute atomic E-state index is 0.0223. The molecule has 1 saturated heterocycles. The van der Waals surface area contributed by atoms with E-state index in [0.717, 1.165) is 49.7 Å². The predicted molar refractivity (Wildman–Crippen MR) is 153 cm³/mol. The largest absolute Gasteiger partial charge is 0.476 e. The zero-order valence-corrected chi connectivity index (χ0v) is 23.7. The summed E-state index contributed by atoms with van der Waals surface area (Å²) in [6, 6.07) is 2.07. The van der Waals surface area contributed by atoms with Gasteiger partial charge in [0, 0.05) is 45.1 Å². The quantitative estimate of drug-likeness (QED) is 0.428. The molecular formula is C29H37ClN6O3. The van der Waals surface area contributed by atoms with Crippen LogP contribution in [-0.4, -0.2) is 70.0 Å². The fraction of sp³-hybridized carbons (Fsp3) is 0.586. The fourth-order valence-electron chi connectivity index (χ4n) is 6.83. The molecule has 4 heterocycles. The highest BCUT2D eigenvalue weighted by Crippen LogP contribution is 2.42. The van der Waals surface area contributed by atoms with Crippen LogP contribution in [0.25, 0.3) is 22.3 Å². The number of halogens is 1. The molecule has 3 aromatic rings. The number of hydrogen-bond donors (Lipinski definition) is 1. The molecular weight excluding hydrogens is 516 g/mol. The Morgan fingerprint density at radius 2 is 1.95 bits per heavy atom. The second-order valence-corrected chi connectivity index (χ2v) is 12.1. The van der Waals surface area contributed by atoms with Crippen molar-refractivity contribution in [2.24, 2.45) is 11.8 Å². The highest BCUT2D eigenvalue weighted by molar-refractivity contribution is 6.30. The number of aromatic nitrogens is 4. The number of carbonyl (C=O) groups is 1. The molecule has 0 spiro atoms. The van der Waals surface area contributed by atoms with Crippen molar-refractivity contribution >= 4 is 40.2 Å². The summed E-state index contributed by atoms with van der Waals surface area (Å²) in [6.45, 7) is 4.58. The van der Waals surface area contributed by atoms with E-state index in [-0.39, 0.29) is 17.8 Å². The predicted octanol–water partition coefficient (Wildman–Crippen LogP) is 5.49.